The van der Waals surface area contributed by atoms with Gasteiger partial charge in [-0.15, -0.1) is 0 Å². The summed E-state index contributed by atoms with van der Waals surface area (Å²) in [6, 6.07) is 5.34. The Morgan fingerprint density at radius 2 is 2.37 bits per heavy atom. The zero-order valence-electron chi connectivity index (χ0n) is 11.3. The van der Waals surface area contributed by atoms with E-state index in [0.717, 1.165) is 25.3 Å². The van der Waals surface area contributed by atoms with Crippen molar-refractivity contribution in [3.8, 4) is 5.75 Å². The van der Waals surface area contributed by atoms with Crippen molar-refractivity contribution in [3.05, 3.63) is 28.8 Å². The Labute approximate surface area is 118 Å². The van der Waals surface area contributed by atoms with Gasteiger partial charge in [0, 0.05) is 13.1 Å². The minimum absolute atomic E-state index is 0.0752. The van der Waals surface area contributed by atoms with Crippen molar-refractivity contribution in [1.29, 1.82) is 0 Å². The minimum atomic E-state index is -0.526. The average molecular weight is 286 g/mol. The van der Waals surface area contributed by atoms with E-state index in [1.54, 1.807) is 19.1 Å². The molecule has 4 nitrogen and oxygen atoms in total. The van der Waals surface area contributed by atoms with Gasteiger partial charge in [0.25, 0.3) is 0 Å². The molecule has 1 fully saturated rings. The average Bonchev–Trinajstić information content (AvgIpc) is 2.37. The van der Waals surface area contributed by atoms with Crippen molar-refractivity contribution in [2.24, 2.45) is 0 Å². The molecule has 0 radical (unpaired) electrons. The lowest BCUT2D eigenvalue weighted by molar-refractivity contribution is -0.0403. The van der Waals surface area contributed by atoms with Crippen LogP contribution in [0.2, 0.25) is 5.02 Å². The molecule has 0 aliphatic carbocycles. The van der Waals surface area contributed by atoms with Crippen molar-refractivity contribution in [1.82, 2.24) is 4.90 Å². The van der Waals surface area contributed by atoms with Crippen molar-refractivity contribution in [2.45, 2.75) is 19.1 Å². The minimum Gasteiger partial charge on any atom is -0.489 e. The topological polar surface area (TPSA) is 41.9 Å². The number of nitrogens with zero attached hydrogens (tertiary/aromatic N) is 1. The molecule has 1 N–H and O–H groups in total. The third kappa shape index (κ3) is 4.08. The summed E-state index contributed by atoms with van der Waals surface area (Å²) in [5.74, 6) is 0.628. The lowest BCUT2D eigenvalue weighted by Crippen LogP contribution is -2.42. The largest absolute Gasteiger partial charge is 0.489 e. The highest BCUT2D eigenvalue weighted by Crippen LogP contribution is 2.28. The fourth-order valence-corrected chi connectivity index (χ4v) is 2.29. The second-order valence-electron chi connectivity index (χ2n) is 4.93. The van der Waals surface area contributed by atoms with Crippen molar-refractivity contribution >= 4 is 11.6 Å². The van der Waals surface area contributed by atoms with Crippen LogP contribution in [-0.4, -0.2) is 49.5 Å². The Morgan fingerprint density at radius 1 is 1.58 bits per heavy atom. The summed E-state index contributed by atoms with van der Waals surface area (Å²) in [5, 5.41) is 9.99. The molecule has 1 heterocycles. The van der Waals surface area contributed by atoms with Crippen LogP contribution < -0.4 is 4.74 Å². The van der Waals surface area contributed by atoms with Gasteiger partial charge in [-0.05, 0) is 31.7 Å². The number of aliphatic hydroxyl groups excluding tert-OH is 1. The maximum atomic E-state index is 9.48. The van der Waals surface area contributed by atoms with E-state index in [-0.39, 0.29) is 6.10 Å². The van der Waals surface area contributed by atoms with Gasteiger partial charge in [-0.25, -0.2) is 0 Å². The number of rotatable bonds is 4. The van der Waals surface area contributed by atoms with Crippen LogP contribution in [0.25, 0.3) is 0 Å². The molecule has 0 bridgehead atoms. The number of hydrogen-bond donors (Lipinski definition) is 1. The van der Waals surface area contributed by atoms with E-state index in [4.69, 9.17) is 21.1 Å². The highest BCUT2D eigenvalue weighted by atomic mass is 35.5. The molecule has 2 rings (SSSR count). The van der Waals surface area contributed by atoms with Crippen LogP contribution in [0, 0.1) is 0 Å². The normalized spacial score (nSPS) is 22.2. The molecule has 1 aromatic carbocycles. The second kappa shape index (κ2) is 6.57. The fraction of sp³-hybridized carbons (Fsp3) is 0.571. The summed E-state index contributed by atoms with van der Waals surface area (Å²) in [6.07, 6.45) is -0.451. The summed E-state index contributed by atoms with van der Waals surface area (Å²) in [5.41, 5.74) is 0.783. The second-order valence-corrected chi connectivity index (χ2v) is 5.34. The Balaban J connectivity index is 1.92. The molecule has 5 heteroatoms. The summed E-state index contributed by atoms with van der Waals surface area (Å²) < 4.78 is 11.3. The molecule has 0 saturated carbocycles. The first kappa shape index (κ1) is 14.6. The van der Waals surface area contributed by atoms with Gasteiger partial charge in [0.2, 0.25) is 0 Å². The van der Waals surface area contributed by atoms with Crippen LogP contribution in [-0.2, 0) is 4.74 Å². The van der Waals surface area contributed by atoms with Crippen molar-refractivity contribution in [3.63, 3.8) is 0 Å². The van der Waals surface area contributed by atoms with E-state index in [1.165, 1.54) is 0 Å². The quantitative estimate of drug-likeness (QED) is 0.920. The molecule has 1 aromatic rings. The molecule has 1 saturated heterocycles. The van der Waals surface area contributed by atoms with Crippen LogP contribution in [0.15, 0.2) is 18.2 Å². The number of hydrogen-bond acceptors (Lipinski definition) is 4. The molecule has 1 aliphatic rings. The molecule has 106 valence electrons. The predicted molar refractivity (Wildman–Crippen MR) is 74.8 cm³/mol. The van der Waals surface area contributed by atoms with Gasteiger partial charge in [-0.3, -0.25) is 0 Å². The van der Waals surface area contributed by atoms with Gasteiger partial charge in [0.15, 0.2) is 0 Å². The van der Waals surface area contributed by atoms with E-state index in [2.05, 4.69) is 11.9 Å². The van der Waals surface area contributed by atoms with Crippen LogP contribution in [0.3, 0.4) is 0 Å². The fourth-order valence-electron chi connectivity index (χ4n) is 2.04. The van der Waals surface area contributed by atoms with Crippen LogP contribution in [0.1, 0.15) is 18.6 Å². The summed E-state index contributed by atoms with van der Waals surface area (Å²) in [6.45, 7) is 4.75. The van der Waals surface area contributed by atoms with E-state index in [1.807, 2.05) is 6.07 Å². The maximum Gasteiger partial charge on any atom is 0.138 e. The predicted octanol–water partition coefficient (Wildman–Crippen LogP) is 2.10. The third-order valence-corrected chi connectivity index (χ3v) is 3.50. The number of halogens is 1. The Bertz CT molecular complexity index is 425. The van der Waals surface area contributed by atoms with E-state index in [0.29, 0.717) is 17.4 Å². The molecule has 0 aromatic heterocycles. The van der Waals surface area contributed by atoms with Crippen LogP contribution >= 0.6 is 11.6 Å². The van der Waals surface area contributed by atoms with Crippen LogP contribution in [0.5, 0.6) is 5.75 Å². The molecule has 2 atom stereocenters. The first-order valence-corrected chi connectivity index (χ1v) is 6.84. The van der Waals surface area contributed by atoms with Gasteiger partial charge in [0.05, 0.1) is 17.7 Å². The Hall–Kier alpha value is -0.810. The highest BCUT2D eigenvalue weighted by Gasteiger charge is 2.18. The molecule has 19 heavy (non-hydrogen) atoms. The van der Waals surface area contributed by atoms with Crippen molar-refractivity contribution < 1.29 is 14.6 Å². The molecular weight excluding hydrogens is 266 g/mol. The lowest BCUT2D eigenvalue weighted by Gasteiger charge is -2.29. The smallest absolute Gasteiger partial charge is 0.138 e. The number of benzene rings is 1. The summed E-state index contributed by atoms with van der Waals surface area (Å²) in [4.78, 5) is 2.22. The molecule has 0 amide bonds. The molecule has 1 aliphatic heterocycles. The first-order chi connectivity index (χ1) is 9.06. The summed E-state index contributed by atoms with van der Waals surface area (Å²) in [7, 11) is 2.07. The van der Waals surface area contributed by atoms with Gasteiger partial charge in [-0.2, -0.15) is 0 Å². The third-order valence-electron chi connectivity index (χ3n) is 3.20. The van der Waals surface area contributed by atoms with E-state index < -0.39 is 6.10 Å². The maximum absolute atomic E-state index is 9.48. The highest BCUT2D eigenvalue weighted by molar-refractivity contribution is 6.32. The molecular formula is C14H20ClNO3. The molecule has 0 spiro atoms. The SMILES string of the molecule is C[C@@H](O)c1ccc(OCC2CN(C)CCO2)c(Cl)c1. The Kier molecular flexibility index (Phi) is 5.05. The van der Waals surface area contributed by atoms with Gasteiger partial charge >= 0.3 is 0 Å². The zero-order valence-corrected chi connectivity index (χ0v) is 12.1. The lowest BCUT2D eigenvalue weighted by atomic mass is 10.1. The number of morpholine rings is 1. The first-order valence-electron chi connectivity index (χ1n) is 6.46. The number of aliphatic hydroxyl groups is 1. The van der Waals surface area contributed by atoms with E-state index in [9.17, 15) is 5.11 Å². The number of likely N-dealkylation sites (N-methyl/N-ethyl adjacent to an activating group) is 1. The van der Waals surface area contributed by atoms with Gasteiger partial charge in [0.1, 0.15) is 18.5 Å². The number of ether oxygens (including phenoxy) is 2. The van der Waals surface area contributed by atoms with Crippen molar-refractivity contribution in [2.75, 3.05) is 33.4 Å². The zero-order chi connectivity index (χ0) is 13.8. The van der Waals surface area contributed by atoms with Crippen LogP contribution in [0.4, 0.5) is 0 Å². The van der Waals surface area contributed by atoms with E-state index >= 15 is 0 Å². The monoisotopic (exact) mass is 285 g/mol. The summed E-state index contributed by atoms with van der Waals surface area (Å²) >= 11 is 6.13. The van der Waals surface area contributed by atoms with Gasteiger partial charge in [-0.1, -0.05) is 17.7 Å². The van der Waals surface area contributed by atoms with Gasteiger partial charge < -0.3 is 19.5 Å². The standard InChI is InChI=1S/C14H20ClNO3/c1-10(17)11-3-4-14(13(15)7-11)19-9-12-8-16(2)5-6-18-12/h3-4,7,10,12,17H,5-6,8-9H2,1-2H3/t10-,12?/m1/s1. The Morgan fingerprint density at radius 3 is 3.00 bits per heavy atom. The molecule has 1 unspecified atom stereocenters.